The Morgan fingerprint density at radius 1 is 1.33 bits per heavy atom. The highest BCUT2D eigenvalue weighted by molar-refractivity contribution is 5.92. The summed E-state index contributed by atoms with van der Waals surface area (Å²) in [7, 11) is 1.29. The molecule has 0 aliphatic carbocycles. The molecule has 3 N–H and O–H groups in total. The van der Waals surface area contributed by atoms with Crippen LogP contribution in [0, 0.1) is 11.6 Å². The first kappa shape index (κ1) is 27.8. The van der Waals surface area contributed by atoms with Gasteiger partial charge in [-0.1, -0.05) is 6.07 Å². The van der Waals surface area contributed by atoms with Crippen LogP contribution in [0.1, 0.15) is 37.2 Å². The highest BCUT2D eigenvalue weighted by Crippen LogP contribution is 2.42. The summed E-state index contributed by atoms with van der Waals surface area (Å²) in [6.07, 6.45) is -2.00. The van der Waals surface area contributed by atoms with Gasteiger partial charge in [0.15, 0.2) is 17.2 Å². The maximum absolute atomic E-state index is 12.5. The van der Waals surface area contributed by atoms with Gasteiger partial charge in [-0.3, -0.25) is 14.6 Å². The average molecular weight is 477 g/mol. The third-order valence-electron chi connectivity index (χ3n) is 4.46. The van der Waals surface area contributed by atoms with Gasteiger partial charge in [-0.05, 0) is 51.0 Å². The largest absolute Gasteiger partial charge is 0.494 e. The van der Waals surface area contributed by atoms with Crippen molar-refractivity contribution >= 4 is 18.0 Å². The number of hydrogen-bond acceptors (Lipinski definition) is 5. The Kier molecular flexibility index (Phi) is 10.2. The van der Waals surface area contributed by atoms with Crippen LogP contribution >= 0.6 is 0 Å². The van der Waals surface area contributed by atoms with E-state index < -0.39 is 29.3 Å². The van der Waals surface area contributed by atoms with Crippen LogP contribution in [0.2, 0.25) is 0 Å². The molecule has 33 heavy (non-hydrogen) atoms. The molecule has 0 spiro atoms. The van der Waals surface area contributed by atoms with E-state index in [9.17, 15) is 31.5 Å². The van der Waals surface area contributed by atoms with Gasteiger partial charge in [-0.15, -0.1) is 0 Å². The molecule has 0 saturated carbocycles. The average Bonchev–Trinajstić information content (AvgIpc) is 3.11. The summed E-state index contributed by atoms with van der Waals surface area (Å²) in [5.41, 5.74) is 3.69. The third-order valence-corrected chi connectivity index (χ3v) is 4.46. The summed E-state index contributed by atoms with van der Waals surface area (Å²) in [6.45, 7) is 2.77. The zero-order valence-corrected chi connectivity index (χ0v) is 18.1. The monoisotopic (exact) mass is 477 g/mol. The number of carbonyl (C=O) groups is 2. The minimum atomic E-state index is -4.22. The number of pyridine rings is 1. The third kappa shape index (κ3) is 8.29. The number of benzene rings is 1. The van der Waals surface area contributed by atoms with E-state index in [1.165, 1.54) is 31.5 Å². The number of carbonyl (C=O) groups excluding carboxylic acids is 2. The van der Waals surface area contributed by atoms with E-state index in [4.69, 9.17) is 10.5 Å². The van der Waals surface area contributed by atoms with Crippen molar-refractivity contribution in [3.63, 3.8) is 0 Å². The molecule has 2 heterocycles. The van der Waals surface area contributed by atoms with Crippen molar-refractivity contribution in [1.82, 2.24) is 4.98 Å². The molecule has 0 unspecified atom stereocenters. The molecule has 182 valence electrons. The first-order valence-corrected chi connectivity index (χ1v) is 9.53. The van der Waals surface area contributed by atoms with Crippen molar-refractivity contribution in [2.24, 2.45) is 5.73 Å². The SMILES string of the molecule is COc1cccc(F)c1F.C[C@H]1CC[C@](C)(C(F)(F)F)O1.NC(=O)c1cc(NC=O)ccn1. The number of amides is 2. The minimum absolute atomic E-state index is 0.0694. The van der Waals surface area contributed by atoms with Crippen LogP contribution in [-0.2, 0) is 9.53 Å². The van der Waals surface area contributed by atoms with E-state index >= 15 is 0 Å². The number of anilines is 1. The molecule has 1 saturated heterocycles. The Morgan fingerprint density at radius 3 is 2.42 bits per heavy atom. The van der Waals surface area contributed by atoms with Crippen LogP contribution < -0.4 is 15.8 Å². The lowest BCUT2D eigenvalue weighted by Crippen LogP contribution is -2.41. The van der Waals surface area contributed by atoms with Crippen molar-refractivity contribution < 1.29 is 41.0 Å². The second kappa shape index (κ2) is 12.1. The fourth-order valence-electron chi connectivity index (χ4n) is 2.61. The van der Waals surface area contributed by atoms with Gasteiger partial charge in [-0.25, -0.2) is 4.39 Å². The van der Waals surface area contributed by atoms with E-state index in [1.54, 1.807) is 13.0 Å². The second-order valence-electron chi connectivity index (χ2n) is 7.01. The summed E-state index contributed by atoms with van der Waals surface area (Å²) < 4.78 is 70.7. The Bertz CT molecular complexity index is 942. The molecule has 2 aromatic rings. The number of methoxy groups -OCH3 is 1. The molecule has 0 bridgehead atoms. The summed E-state index contributed by atoms with van der Waals surface area (Å²) in [4.78, 5) is 24.3. The standard InChI is InChI=1S/C7H11F3O.C7H6F2O.C7H7N3O2/c1-5-3-4-6(2,11-5)7(8,9)10;1-10-6-4-2-3-5(8)7(6)9;8-7(12)6-3-5(10-4-11)1-2-9-6/h5H,3-4H2,1-2H3;2-4H,1H3;1-4H,(H2,8,12)(H,9,10,11)/t5-,6+;;/m0../s1. The molecule has 0 radical (unpaired) electrons. The van der Waals surface area contributed by atoms with E-state index in [-0.39, 0.29) is 24.0 Å². The summed E-state index contributed by atoms with van der Waals surface area (Å²) in [5.74, 6) is -2.52. The summed E-state index contributed by atoms with van der Waals surface area (Å²) in [5, 5.41) is 2.37. The first-order chi connectivity index (χ1) is 15.3. The molecule has 3 rings (SSSR count). The number of nitrogens with two attached hydrogens (primary N) is 1. The number of ether oxygens (including phenoxy) is 2. The zero-order chi connectivity index (χ0) is 25.2. The van der Waals surface area contributed by atoms with Crippen molar-refractivity contribution in [2.75, 3.05) is 12.4 Å². The van der Waals surface area contributed by atoms with Gasteiger partial charge >= 0.3 is 6.18 Å². The van der Waals surface area contributed by atoms with Crippen molar-refractivity contribution in [2.45, 2.75) is 44.6 Å². The maximum atomic E-state index is 12.5. The second-order valence-corrected chi connectivity index (χ2v) is 7.01. The topological polar surface area (TPSA) is 104 Å². The Morgan fingerprint density at radius 2 is 2.00 bits per heavy atom. The highest BCUT2D eigenvalue weighted by atomic mass is 19.4. The lowest BCUT2D eigenvalue weighted by Gasteiger charge is -2.26. The Labute approximate surface area is 187 Å². The summed E-state index contributed by atoms with van der Waals surface area (Å²) >= 11 is 0. The lowest BCUT2D eigenvalue weighted by atomic mass is 10.0. The summed E-state index contributed by atoms with van der Waals surface area (Å²) in [6, 6.07) is 6.74. The molecule has 1 aromatic heterocycles. The Balaban J connectivity index is 0.000000249. The number of hydrogen-bond donors (Lipinski definition) is 2. The van der Waals surface area contributed by atoms with Crippen LogP contribution in [0.4, 0.5) is 27.6 Å². The zero-order valence-electron chi connectivity index (χ0n) is 18.1. The first-order valence-electron chi connectivity index (χ1n) is 9.53. The van der Waals surface area contributed by atoms with Crippen LogP contribution in [0.3, 0.4) is 0 Å². The van der Waals surface area contributed by atoms with E-state index in [1.807, 2.05) is 0 Å². The molecule has 1 aliphatic heterocycles. The van der Waals surface area contributed by atoms with E-state index in [2.05, 4.69) is 15.0 Å². The molecule has 1 fully saturated rings. The van der Waals surface area contributed by atoms with Crippen LogP contribution in [0.15, 0.2) is 36.5 Å². The number of nitrogens with zero attached hydrogens (tertiary/aromatic N) is 1. The molecule has 12 heteroatoms. The number of rotatable bonds is 4. The lowest BCUT2D eigenvalue weighted by molar-refractivity contribution is -0.262. The predicted octanol–water partition coefficient (Wildman–Crippen LogP) is 4.23. The molecular weight excluding hydrogens is 453 g/mol. The number of alkyl halides is 3. The number of nitrogens with one attached hydrogen (secondary N) is 1. The van der Waals surface area contributed by atoms with Crippen molar-refractivity contribution in [3.8, 4) is 5.75 Å². The van der Waals surface area contributed by atoms with Crippen LogP contribution in [0.5, 0.6) is 5.75 Å². The maximum Gasteiger partial charge on any atom is 0.417 e. The van der Waals surface area contributed by atoms with Gasteiger partial charge in [0.25, 0.3) is 5.91 Å². The van der Waals surface area contributed by atoms with Crippen molar-refractivity contribution in [1.29, 1.82) is 0 Å². The van der Waals surface area contributed by atoms with Gasteiger partial charge in [0, 0.05) is 11.9 Å². The quantitative estimate of drug-likeness (QED) is 0.507. The molecule has 7 nitrogen and oxygen atoms in total. The van der Waals surface area contributed by atoms with Gasteiger partial charge in [0.05, 0.1) is 13.2 Å². The van der Waals surface area contributed by atoms with Gasteiger partial charge in [-0.2, -0.15) is 17.6 Å². The Hall–Kier alpha value is -3.28. The fraction of sp³-hybridized carbons (Fsp3) is 0.381. The molecular formula is C21H24F5N3O4. The smallest absolute Gasteiger partial charge is 0.417 e. The van der Waals surface area contributed by atoms with Gasteiger partial charge in [0.1, 0.15) is 5.69 Å². The van der Waals surface area contributed by atoms with Gasteiger partial charge < -0.3 is 20.5 Å². The van der Waals surface area contributed by atoms with Crippen molar-refractivity contribution in [3.05, 3.63) is 53.9 Å². The minimum Gasteiger partial charge on any atom is -0.494 e. The number of halogens is 5. The molecule has 2 amide bonds. The fourth-order valence-corrected chi connectivity index (χ4v) is 2.61. The normalized spacial score (nSPS) is 19.3. The van der Waals surface area contributed by atoms with Crippen LogP contribution in [0.25, 0.3) is 0 Å². The van der Waals surface area contributed by atoms with E-state index in [0.29, 0.717) is 18.5 Å². The molecule has 2 atom stereocenters. The molecule has 1 aliphatic rings. The molecule has 1 aromatic carbocycles. The highest BCUT2D eigenvalue weighted by Gasteiger charge is 2.55. The number of aromatic nitrogens is 1. The van der Waals surface area contributed by atoms with E-state index in [0.717, 1.165) is 13.0 Å². The van der Waals surface area contributed by atoms with Crippen LogP contribution in [-0.4, -0.2) is 42.3 Å². The van der Waals surface area contributed by atoms with Gasteiger partial charge in [0.2, 0.25) is 12.2 Å². The predicted molar refractivity (Wildman–Crippen MR) is 110 cm³/mol. The number of primary amides is 1.